The molecule has 0 aliphatic carbocycles. The van der Waals surface area contributed by atoms with E-state index in [0.717, 1.165) is 0 Å². The van der Waals surface area contributed by atoms with Gasteiger partial charge in [0.05, 0.1) is 23.5 Å². The van der Waals surface area contributed by atoms with Gasteiger partial charge in [-0.3, -0.25) is 14.4 Å². The highest BCUT2D eigenvalue weighted by Gasteiger charge is 2.38. The number of ether oxygens (including phenoxy) is 1. The summed E-state index contributed by atoms with van der Waals surface area (Å²) in [6.45, 7) is 2.81. The third-order valence-electron chi connectivity index (χ3n) is 5.72. The molecule has 160 valence electrons. The minimum absolute atomic E-state index is 0.0439. The molecule has 8 heteroatoms. The van der Waals surface area contributed by atoms with E-state index in [9.17, 15) is 24.3 Å². The zero-order valence-electron chi connectivity index (χ0n) is 17.1. The van der Waals surface area contributed by atoms with Crippen LogP contribution in [0.3, 0.4) is 0 Å². The Kier molecular flexibility index (Phi) is 4.27. The lowest BCUT2D eigenvalue weighted by Gasteiger charge is -2.27. The van der Waals surface area contributed by atoms with Gasteiger partial charge in [0.25, 0.3) is 0 Å². The van der Waals surface area contributed by atoms with Crippen LogP contribution in [0.1, 0.15) is 46.3 Å². The molecule has 8 nitrogen and oxygen atoms in total. The SMILES string of the molecule is CC(=O)c1c2c(c3oc(=O)cc(C)c3c1O)[C@H](c1coc3ccccc3c1=O)CC(=O)O2. The fourth-order valence-electron chi connectivity index (χ4n) is 4.34. The molecule has 0 fully saturated rings. The smallest absolute Gasteiger partial charge is 0.336 e. The Balaban J connectivity index is 1.95. The molecule has 0 spiro atoms. The number of carbonyl (C=O) groups is 2. The number of benzene rings is 2. The Bertz CT molecular complexity index is 1590. The summed E-state index contributed by atoms with van der Waals surface area (Å²) in [4.78, 5) is 50.4. The van der Waals surface area contributed by atoms with Crippen LogP contribution in [0.5, 0.6) is 11.5 Å². The summed E-state index contributed by atoms with van der Waals surface area (Å²) in [6.07, 6.45) is 1.02. The van der Waals surface area contributed by atoms with Crippen molar-refractivity contribution in [1.29, 1.82) is 0 Å². The summed E-state index contributed by atoms with van der Waals surface area (Å²) in [5.74, 6) is -2.84. The van der Waals surface area contributed by atoms with Gasteiger partial charge >= 0.3 is 11.6 Å². The number of esters is 1. The average molecular weight is 432 g/mol. The van der Waals surface area contributed by atoms with Crippen LogP contribution in [0, 0.1) is 6.92 Å². The lowest BCUT2D eigenvalue weighted by molar-refractivity contribution is -0.135. The molecule has 3 heterocycles. The maximum Gasteiger partial charge on any atom is 0.336 e. The van der Waals surface area contributed by atoms with Crippen LogP contribution >= 0.6 is 0 Å². The second-order valence-corrected chi connectivity index (χ2v) is 7.72. The molecule has 0 radical (unpaired) electrons. The Morgan fingerprint density at radius 2 is 1.91 bits per heavy atom. The molecule has 0 unspecified atom stereocenters. The van der Waals surface area contributed by atoms with Gasteiger partial charge in [0.15, 0.2) is 17.0 Å². The largest absolute Gasteiger partial charge is 0.506 e. The van der Waals surface area contributed by atoms with Crippen LogP contribution in [0.15, 0.2) is 55.0 Å². The summed E-state index contributed by atoms with van der Waals surface area (Å²) in [6, 6.07) is 7.85. The van der Waals surface area contributed by atoms with Crippen LogP contribution in [-0.4, -0.2) is 16.9 Å². The maximum absolute atomic E-state index is 13.3. The van der Waals surface area contributed by atoms with Gasteiger partial charge in [-0.2, -0.15) is 0 Å². The number of hydrogen-bond acceptors (Lipinski definition) is 8. The summed E-state index contributed by atoms with van der Waals surface area (Å²) >= 11 is 0. The minimum Gasteiger partial charge on any atom is -0.506 e. The molecule has 2 aromatic heterocycles. The van der Waals surface area contributed by atoms with Crippen molar-refractivity contribution in [3.8, 4) is 11.5 Å². The lowest BCUT2D eigenvalue weighted by Crippen LogP contribution is -2.26. The van der Waals surface area contributed by atoms with Crippen LogP contribution in [-0.2, 0) is 4.79 Å². The van der Waals surface area contributed by atoms with E-state index in [1.807, 2.05) is 0 Å². The normalized spacial score (nSPS) is 15.6. The average Bonchev–Trinajstić information content (AvgIpc) is 2.72. The number of rotatable bonds is 2. The van der Waals surface area contributed by atoms with Gasteiger partial charge in [0.1, 0.15) is 22.5 Å². The summed E-state index contributed by atoms with van der Waals surface area (Å²) in [5, 5.41) is 11.3. The molecule has 0 saturated heterocycles. The van der Waals surface area contributed by atoms with Crippen LogP contribution in [0.4, 0.5) is 0 Å². The van der Waals surface area contributed by atoms with E-state index in [1.165, 1.54) is 19.3 Å². The number of phenolic OH excluding ortho intramolecular Hbond substituents is 1. The molecule has 1 aliphatic heterocycles. The van der Waals surface area contributed by atoms with E-state index in [4.69, 9.17) is 13.6 Å². The van der Waals surface area contributed by atoms with Crippen molar-refractivity contribution >= 4 is 33.7 Å². The number of phenols is 1. The van der Waals surface area contributed by atoms with E-state index in [2.05, 4.69) is 0 Å². The molecule has 0 saturated carbocycles. The first-order valence-corrected chi connectivity index (χ1v) is 9.83. The number of para-hydroxylation sites is 1. The Hall–Kier alpha value is -4.20. The number of carbonyl (C=O) groups excluding carboxylic acids is 2. The van der Waals surface area contributed by atoms with Crippen molar-refractivity contribution in [3.05, 3.63) is 79.5 Å². The highest BCUT2D eigenvalue weighted by atomic mass is 16.5. The quantitative estimate of drug-likeness (QED) is 0.221. The molecule has 2 aromatic carbocycles. The first-order valence-electron chi connectivity index (χ1n) is 9.83. The minimum atomic E-state index is -0.918. The van der Waals surface area contributed by atoms with Crippen molar-refractivity contribution in [2.75, 3.05) is 0 Å². The van der Waals surface area contributed by atoms with E-state index in [-0.39, 0.29) is 45.3 Å². The van der Waals surface area contributed by atoms with E-state index in [1.54, 1.807) is 31.2 Å². The Labute approximate surface area is 179 Å². The van der Waals surface area contributed by atoms with Gasteiger partial charge in [0, 0.05) is 23.1 Å². The topological polar surface area (TPSA) is 124 Å². The molecule has 0 amide bonds. The van der Waals surface area contributed by atoms with Crippen LogP contribution in [0.2, 0.25) is 0 Å². The molecule has 4 aromatic rings. The molecule has 0 bridgehead atoms. The molecule has 5 rings (SSSR count). The van der Waals surface area contributed by atoms with E-state index in [0.29, 0.717) is 16.5 Å². The molecular weight excluding hydrogens is 416 g/mol. The number of hydrogen-bond donors (Lipinski definition) is 1. The van der Waals surface area contributed by atoms with E-state index >= 15 is 0 Å². The van der Waals surface area contributed by atoms with Crippen molar-refractivity contribution in [2.24, 2.45) is 0 Å². The highest BCUT2D eigenvalue weighted by molar-refractivity contribution is 6.09. The van der Waals surface area contributed by atoms with Gasteiger partial charge in [-0.25, -0.2) is 4.79 Å². The Morgan fingerprint density at radius 1 is 1.16 bits per heavy atom. The number of aromatic hydroxyl groups is 1. The van der Waals surface area contributed by atoms with Gasteiger partial charge < -0.3 is 18.7 Å². The Morgan fingerprint density at radius 3 is 2.66 bits per heavy atom. The first-order chi connectivity index (χ1) is 15.3. The third kappa shape index (κ3) is 2.76. The third-order valence-corrected chi connectivity index (χ3v) is 5.72. The number of fused-ring (bicyclic) bond motifs is 4. The standard InChI is InChI=1S/C24H16O8/c1-10-7-16(26)31-23-18(10)22(29)19(11(2)25)24-20(23)13(8-17(27)32-24)14-9-30-15-6-4-3-5-12(15)21(14)28/h3-7,9,13,29H,8H2,1-2H3/t13-/m0/s1. The van der Waals surface area contributed by atoms with Gasteiger partial charge in [0.2, 0.25) is 0 Å². The predicted octanol–water partition coefficient (Wildman–Crippen LogP) is 3.56. The molecule has 1 N–H and O–H groups in total. The number of Topliss-reactive ketones (excluding diaryl/α,β-unsaturated/α-hetero) is 1. The van der Waals surface area contributed by atoms with Gasteiger partial charge in [-0.1, -0.05) is 12.1 Å². The van der Waals surface area contributed by atoms with Gasteiger partial charge in [-0.05, 0) is 31.5 Å². The van der Waals surface area contributed by atoms with Crippen LogP contribution in [0.25, 0.3) is 21.9 Å². The molecular formula is C24H16O8. The highest BCUT2D eigenvalue weighted by Crippen LogP contribution is 2.49. The fourth-order valence-corrected chi connectivity index (χ4v) is 4.34. The van der Waals surface area contributed by atoms with Gasteiger partial charge in [-0.15, -0.1) is 0 Å². The number of aryl methyl sites for hydroxylation is 1. The zero-order chi connectivity index (χ0) is 22.7. The summed E-state index contributed by atoms with van der Waals surface area (Å²) in [7, 11) is 0. The maximum atomic E-state index is 13.3. The second-order valence-electron chi connectivity index (χ2n) is 7.72. The second kappa shape index (κ2) is 6.91. The van der Waals surface area contributed by atoms with Crippen molar-refractivity contribution < 1.29 is 28.3 Å². The summed E-state index contributed by atoms with van der Waals surface area (Å²) < 4.78 is 16.4. The molecule has 32 heavy (non-hydrogen) atoms. The van der Waals surface area contributed by atoms with Crippen molar-refractivity contribution in [1.82, 2.24) is 0 Å². The summed E-state index contributed by atoms with van der Waals surface area (Å²) in [5.41, 5.74) is -0.239. The monoisotopic (exact) mass is 432 g/mol. The zero-order valence-corrected chi connectivity index (χ0v) is 17.1. The molecule has 1 aliphatic rings. The first kappa shape index (κ1) is 19.7. The van der Waals surface area contributed by atoms with Crippen LogP contribution < -0.4 is 15.8 Å². The lowest BCUT2D eigenvalue weighted by atomic mass is 9.83. The molecule has 1 atom stereocenters. The predicted molar refractivity (Wildman–Crippen MR) is 113 cm³/mol. The van der Waals surface area contributed by atoms with E-state index < -0.39 is 29.0 Å². The fraction of sp³-hybridized carbons (Fsp3) is 0.167. The van der Waals surface area contributed by atoms with Crippen molar-refractivity contribution in [2.45, 2.75) is 26.2 Å². The van der Waals surface area contributed by atoms with Crippen molar-refractivity contribution in [3.63, 3.8) is 0 Å². The number of ketones is 1.